The van der Waals surface area contributed by atoms with E-state index in [2.05, 4.69) is 19.9 Å². The Morgan fingerprint density at radius 3 is 2.59 bits per heavy atom. The topological polar surface area (TPSA) is 44.5 Å². The van der Waals surface area contributed by atoms with Gasteiger partial charge in [0.05, 0.1) is 0 Å². The Morgan fingerprint density at radius 1 is 1.18 bits per heavy atom. The molecule has 0 amide bonds. The lowest BCUT2D eigenvalue weighted by Crippen LogP contribution is -2.25. The van der Waals surface area contributed by atoms with E-state index < -0.39 is 0 Å². The van der Waals surface area contributed by atoms with Gasteiger partial charge >= 0.3 is 0 Å². The summed E-state index contributed by atoms with van der Waals surface area (Å²) in [6.07, 6.45) is 3.23. The highest BCUT2D eigenvalue weighted by molar-refractivity contribution is 5.54. The number of hydrogen-bond acceptors (Lipinski definition) is 3. The summed E-state index contributed by atoms with van der Waals surface area (Å²) in [4.78, 5) is 0. The first-order valence-corrected chi connectivity index (χ1v) is 6.27. The lowest BCUT2D eigenvalue weighted by molar-refractivity contribution is 0.170. The summed E-state index contributed by atoms with van der Waals surface area (Å²) < 4.78 is 11.3. The lowest BCUT2D eigenvalue weighted by atomic mass is 9.95. The number of fused-ring (bicyclic) bond motifs is 1. The fraction of sp³-hybridized carbons (Fsp3) is 0.571. The standard InChI is InChI=1S/C14H19NO2/c1-9-10(2)13-12(16-5-6-17-13)7-11(9)8-14(15)3-4-14/h7H,3-6,8,15H2,1-2H3. The largest absolute Gasteiger partial charge is 0.486 e. The van der Waals surface area contributed by atoms with Gasteiger partial charge in [-0.15, -0.1) is 0 Å². The van der Waals surface area contributed by atoms with Gasteiger partial charge in [0.15, 0.2) is 11.5 Å². The maximum Gasteiger partial charge on any atom is 0.164 e. The van der Waals surface area contributed by atoms with E-state index in [1.165, 1.54) is 16.7 Å². The number of hydrogen-bond donors (Lipinski definition) is 1. The second kappa shape index (κ2) is 3.64. The Morgan fingerprint density at radius 2 is 1.88 bits per heavy atom. The first-order valence-electron chi connectivity index (χ1n) is 6.27. The van der Waals surface area contributed by atoms with E-state index in [1.54, 1.807) is 0 Å². The van der Waals surface area contributed by atoms with Crippen LogP contribution in [0.4, 0.5) is 0 Å². The SMILES string of the molecule is Cc1c(CC2(N)CC2)cc2c(c1C)OCCO2. The second-order valence-corrected chi connectivity index (χ2v) is 5.35. The molecule has 2 N–H and O–H groups in total. The van der Waals surface area contributed by atoms with Crippen molar-refractivity contribution in [2.75, 3.05) is 13.2 Å². The number of rotatable bonds is 2. The van der Waals surface area contributed by atoms with Gasteiger partial charge < -0.3 is 15.2 Å². The van der Waals surface area contributed by atoms with E-state index in [4.69, 9.17) is 15.2 Å². The predicted molar refractivity (Wildman–Crippen MR) is 66.8 cm³/mol. The molecule has 1 aliphatic carbocycles. The second-order valence-electron chi connectivity index (χ2n) is 5.35. The fourth-order valence-electron chi connectivity index (χ4n) is 2.41. The maximum absolute atomic E-state index is 6.20. The van der Waals surface area contributed by atoms with Crippen LogP contribution >= 0.6 is 0 Å². The molecule has 0 saturated heterocycles. The minimum Gasteiger partial charge on any atom is -0.486 e. The minimum absolute atomic E-state index is 0.0426. The van der Waals surface area contributed by atoms with Gasteiger partial charge in [-0.3, -0.25) is 0 Å². The molecule has 3 rings (SSSR count). The van der Waals surface area contributed by atoms with Gasteiger partial charge in [0, 0.05) is 5.54 Å². The Kier molecular flexibility index (Phi) is 2.33. The summed E-state index contributed by atoms with van der Waals surface area (Å²) in [6.45, 7) is 5.53. The van der Waals surface area contributed by atoms with Gasteiger partial charge in [-0.1, -0.05) is 0 Å². The van der Waals surface area contributed by atoms with E-state index >= 15 is 0 Å². The molecule has 3 heteroatoms. The Hall–Kier alpha value is -1.22. The van der Waals surface area contributed by atoms with E-state index in [9.17, 15) is 0 Å². The van der Waals surface area contributed by atoms with Crippen LogP contribution in [0.1, 0.15) is 29.5 Å². The van der Waals surface area contributed by atoms with E-state index in [0.29, 0.717) is 13.2 Å². The monoisotopic (exact) mass is 233 g/mol. The van der Waals surface area contributed by atoms with Gasteiger partial charge in [0.1, 0.15) is 13.2 Å². The molecular formula is C14H19NO2. The first kappa shape index (κ1) is 10.9. The van der Waals surface area contributed by atoms with Crippen molar-refractivity contribution in [2.24, 2.45) is 5.73 Å². The van der Waals surface area contributed by atoms with Gasteiger partial charge in [-0.25, -0.2) is 0 Å². The van der Waals surface area contributed by atoms with Crippen LogP contribution in [0, 0.1) is 13.8 Å². The van der Waals surface area contributed by atoms with Crippen LogP contribution < -0.4 is 15.2 Å². The lowest BCUT2D eigenvalue weighted by Gasteiger charge is -2.24. The van der Waals surface area contributed by atoms with Crippen molar-refractivity contribution >= 4 is 0 Å². The molecule has 1 aliphatic heterocycles. The average Bonchev–Trinajstić information content (AvgIpc) is 3.04. The minimum atomic E-state index is 0.0426. The molecule has 92 valence electrons. The molecule has 0 spiro atoms. The van der Waals surface area contributed by atoms with Crippen molar-refractivity contribution in [2.45, 2.75) is 38.6 Å². The molecule has 1 fully saturated rings. The van der Waals surface area contributed by atoms with E-state index in [0.717, 1.165) is 30.8 Å². The van der Waals surface area contributed by atoms with Crippen LogP contribution in [-0.2, 0) is 6.42 Å². The maximum atomic E-state index is 6.20. The molecule has 0 aromatic heterocycles. The molecule has 1 heterocycles. The van der Waals surface area contributed by atoms with Gasteiger partial charge in [-0.2, -0.15) is 0 Å². The zero-order valence-electron chi connectivity index (χ0n) is 10.5. The molecule has 0 unspecified atom stereocenters. The average molecular weight is 233 g/mol. The Balaban J connectivity index is 2.01. The van der Waals surface area contributed by atoms with Crippen LogP contribution in [0.25, 0.3) is 0 Å². The van der Waals surface area contributed by atoms with Crippen molar-refractivity contribution in [3.63, 3.8) is 0 Å². The molecule has 3 nitrogen and oxygen atoms in total. The van der Waals surface area contributed by atoms with E-state index in [1.807, 2.05) is 0 Å². The molecule has 1 aromatic rings. The van der Waals surface area contributed by atoms with Crippen molar-refractivity contribution in [1.29, 1.82) is 0 Å². The molecule has 1 saturated carbocycles. The summed E-state index contributed by atoms with van der Waals surface area (Å²) in [5.41, 5.74) is 10.0. The van der Waals surface area contributed by atoms with Crippen molar-refractivity contribution in [1.82, 2.24) is 0 Å². The normalized spacial score (nSPS) is 20.2. The summed E-state index contributed by atoms with van der Waals surface area (Å²) in [6, 6.07) is 2.11. The van der Waals surface area contributed by atoms with Crippen molar-refractivity contribution < 1.29 is 9.47 Å². The van der Waals surface area contributed by atoms with Gasteiger partial charge in [0.2, 0.25) is 0 Å². The predicted octanol–water partition coefficient (Wildman–Crippen LogP) is 2.11. The van der Waals surface area contributed by atoms with E-state index in [-0.39, 0.29) is 5.54 Å². The van der Waals surface area contributed by atoms with Crippen molar-refractivity contribution in [3.8, 4) is 11.5 Å². The molecule has 0 radical (unpaired) electrons. The molecule has 2 aliphatic rings. The molecular weight excluding hydrogens is 214 g/mol. The van der Waals surface area contributed by atoms with Gasteiger partial charge in [0.25, 0.3) is 0 Å². The number of benzene rings is 1. The highest BCUT2D eigenvalue weighted by Crippen LogP contribution is 2.41. The summed E-state index contributed by atoms with van der Waals surface area (Å²) in [5.74, 6) is 1.80. The molecule has 0 atom stereocenters. The smallest absolute Gasteiger partial charge is 0.164 e. The number of nitrogens with two attached hydrogens (primary N) is 1. The highest BCUT2D eigenvalue weighted by atomic mass is 16.6. The third-order valence-electron chi connectivity index (χ3n) is 3.94. The van der Waals surface area contributed by atoms with Crippen molar-refractivity contribution in [3.05, 3.63) is 22.8 Å². The van der Waals surface area contributed by atoms with Gasteiger partial charge in [-0.05, 0) is 55.9 Å². The Bertz CT molecular complexity index is 464. The zero-order chi connectivity index (χ0) is 12.0. The molecule has 1 aromatic carbocycles. The third-order valence-corrected chi connectivity index (χ3v) is 3.94. The summed E-state index contributed by atoms with van der Waals surface area (Å²) in [5, 5.41) is 0. The van der Waals surface area contributed by atoms with Crippen LogP contribution in [0.2, 0.25) is 0 Å². The first-order chi connectivity index (χ1) is 8.09. The fourth-order valence-corrected chi connectivity index (χ4v) is 2.41. The quantitative estimate of drug-likeness (QED) is 0.851. The third kappa shape index (κ3) is 1.89. The zero-order valence-corrected chi connectivity index (χ0v) is 10.5. The Labute approximate surface area is 102 Å². The van der Waals surface area contributed by atoms with Crippen LogP contribution in [0.5, 0.6) is 11.5 Å². The molecule has 0 bridgehead atoms. The van der Waals surface area contributed by atoms with Crippen LogP contribution in [0.3, 0.4) is 0 Å². The summed E-state index contributed by atoms with van der Waals surface area (Å²) in [7, 11) is 0. The summed E-state index contributed by atoms with van der Waals surface area (Å²) >= 11 is 0. The van der Waals surface area contributed by atoms with Crippen LogP contribution in [-0.4, -0.2) is 18.8 Å². The highest BCUT2D eigenvalue weighted by Gasteiger charge is 2.38. The molecule has 17 heavy (non-hydrogen) atoms. The number of ether oxygens (including phenoxy) is 2. The van der Waals surface area contributed by atoms with Crippen LogP contribution in [0.15, 0.2) is 6.07 Å².